The van der Waals surface area contributed by atoms with Gasteiger partial charge in [-0.15, -0.1) is 10.2 Å². The number of aromatic nitrogens is 3. The van der Waals surface area contributed by atoms with Crippen molar-refractivity contribution in [3.05, 3.63) is 69.9 Å². The van der Waals surface area contributed by atoms with Crippen LogP contribution in [0.2, 0.25) is 5.02 Å². The Morgan fingerprint density at radius 1 is 1.15 bits per heavy atom. The molecule has 1 aromatic carbocycles. The monoisotopic (exact) mass is 287 g/mol. The lowest BCUT2D eigenvalue weighted by Gasteiger charge is -1.99. The Kier molecular flexibility index (Phi) is 3.35. The molecular formula is C14H10ClN3O2. The van der Waals surface area contributed by atoms with E-state index in [-0.39, 0.29) is 12.1 Å². The van der Waals surface area contributed by atoms with Crippen molar-refractivity contribution in [2.24, 2.45) is 0 Å². The van der Waals surface area contributed by atoms with Crippen LogP contribution in [0.4, 0.5) is 0 Å². The standard InChI is InChI=1S/C14H10ClN3O2/c15-11-5-3-4-10(8-11)14-17-16-12(20-14)9-18-7-2-1-6-13(18)19/h1-8H,9H2. The van der Waals surface area contributed by atoms with E-state index in [0.29, 0.717) is 16.8 Å². The molecule has 0 bridgehead atoms. The summed E-state index contributed by atoms with van der Waals surface area (Å²) in [5, 5.41) is 8.50. The highest BCUT2D eigenvalue weighted by Gasteiger charge is 2.09. The first-order chi connectivity index (χ1) is 9.72. The van der Waals surface area contributed by atoms with Crippen molar-refractivity contribution in [3.8, 4) is 11.5 Å². The van der Waals surface area contributed by atoms with E-state index < -0.39 is 0 Å². The van der Waals surface area contributed by atoms with Crippen LogP contribution < -0.4 is 5.56 Å². The topological polar surface area (TPSA) is 60.9 Å². The van der Waals surface area contributed by atoms with Gasteiger partial charge in [0.1, 0.15) is 6.54 Å². The molecule has 20 heavy (non-hydrogen) atoms. The van der Waals surface area contributed by atoms with Gasteiger partial charge in [-0.3, -0.25) is 4.79 Å². The van der Waals surface area contributed by atoms with Crippen molar-refractivity contribution >= 4 is 11.6 Å². The van der Waals surface area contributed by atoms with Crippen LogP contribution in [0.5, 0.6) is 0 Å². The molecule has 0 radical (unpaired) electrons. The summed E-state index contributed by atoms with van der Waals surface area (Å²) in [5.74, 6) is 0.750. The average molecular weight is 288 g/mol. The number of hydrogen-bond acceptors (Lipinski definition) is 4. The molecule has 0 aliphatic heterocycles. The van der Waals surface area contributed by atoms with Gasteiger partial charge in [0.15, 0.2) is 0 Å². The molecule has 0 fully saturated rings. The van der Waals surface area contributed by atoms with Gasteiger partial charge >= 0.3 is 0 Å². The second-order valence-electron chi connectivity index (χ2n) is 4.18. The second-order valence-corrected chi connectivity index (χ2v) is 4.61. The van der Waals surface area contributed by atoms with Crippen molar-refractivity contribution < 1.29 is 4.42 Å². The molecule has 2 aromatic heterocycles. The lowest BCUT2D eigenvalue weighted by atomic mass is 10.2. The zero-order valence-electron chi connectivity index (χ0n) is 10.4. The van der Waals surface area contributed by atoms with Crippen LogP contribution in [0.15, 0.2) is 57.9 Å². The highest BCUT2D eigenvalue weighted by molar-refractivity contribution is 6.30. The molecule has 5 nitrogen and oxygen atoms in total. The molecule has 0 saturated carbocycles. The first-order valence-electron chi connectivity index (χ1n) is 5.96. The Bertz CT molecular complexity index is 795. The fourth-order valence-corrected chi connectivity index (χ4v) is 1.98. The van der Waals surface area contributed by atoms with Crippen molar-refractivity contribution in [2.45, 2.75) is 6.54 Å². The zero-order chi connectivity index (χ0) is 13.9. The fraction of sp³-hybridized carbons (Fsp3) is 0.0714. The lowest BCUT2D eigenvalue weighted by molar-refractivity contribution is 0.484. The van der Waals surface area contributed by atoms with E-state index in [0.717, 1.165) is 5.56 Å². The minimum absolute atomic E-state index is 0.116. The maximum absolute atomic E-state index is 11.6. The summed E-state index contributed by atoms with van der Waals surface area (Å²) in [6, 6.07) is 12.1. The molecule has 0 aliphatic rings. The predicted octanol–water partition coefficient (Wildman–Crippen LogP) is 2.60. The van der Waals surface area contributed by atoms with Gasteiger partial charge in [0.25, 0.3) is 5.56 Å². The average Bonchev–Trinajstić information content (AvgIpc) is 2.90. The number of pyridine rings is 1. The Morgan fingerprint density at radius 3 is 2.85 bits per heavy atom. The smallest absolute Gasteiger partial charge is 0.250 e. The van der Waals surface area contributed by atoms with Gasteiger partial charge in [-0.2, -0.15) is 0 Å². The first kappa shape index (κ1) is 12.6. The van der Waals surface area contributed by atoms with E-state index >= 15 is 0 Å². The molecule has 0 N–H and O–H groups in total. The normalized spacial score (nSPS) is 10.7. The minimum Gasteiger partial charge on any atom is -0.419 e. The maximum Gasteiger partial charge on any atom is 0.250 e. The Morgan fingerprint density at radius 2 is 2.05 bits per heavy atom. The molecular weight excluding hydrogens is 278 g/mol. The van der Waals surface area contributed by atoms with E-state index in [2.05, 4.69) is 10.2 Å². The van der Waals surface area contributed by atoms with Crippen LogP contribution in [0, 0.1) is 0 Å². The maximum atomic E-state index is 11.6. The summed E-state index contributed by atoms with van der Waals surface area (Å²) >= 11 is 5.92. The largest absolute Gasteiger partial charge is 0.419 e. The molecule has 3 rings (SSSR count). The number of benzene rings is 1. The zero-order valence-corrected chi connectivity index (χ0v) is 11.1. The second kappa shape index (κ2) is 5.30. The summed E-state index contributed by atoms with van der Waals surface area (Å²) < 4.78 is 7.04. The summed E-state index contributed by atoms with van der Waals surface area (Å²) in [7, 11) is 0. The van der Waals surface area contributed by atoms with Crippen LogP contribution in [-0.2, 0) is 6.54 Å². The van der Waals surface area contributed by atoms with Crippen molar-refractivity contribution in [1.82, 2.24) is 14.8 Å². The third-order valence-electron chi connectivity index (χ3n) is 2.74. The predicted molar refractivity (Wildman–Crippen MR) is 74.5 cm³/mol. The van der Waals surface area contributed by atoms with Crippen molar-refractivity contribution in [1.29, 1.82) is 0 Å². The van der Waals surface area contributed by atoms with Crippen LogP contribution in [-0.4, -0.2) is 14.8 Å². The molecule has 6 heteroatoms. The van der Waals surface area contributed by atoms with Crippen molar-refractivity contribution in [2.75, 3.05) is 0 Å². The molecule has 3 aromatic rings. The van der Waals surface area contributed by atoms with Gasteiger partial charge in [0.05, 0.1) is 0 Å². The Balaban J connectivity index is 1.88. The molecule has 100 valence electrons. The number of hydrogen-bond donors (Lipinski definition) is 0. The van der Waals surface area contributed by atoms with E-state index in [9.17, 15) is 4.79 Å². The third-order valence-corrected chi connectivity index (χ3v) is 2.98. The highest BCUT2D eigenvalue weighted by atomic mass is 35.5. The van der Waals surface area contributed by atoms with Gasteiger partial charge < -0.3 is 8.98 Å². The number of nitrogens with zero attached hydrogens (tertiary/aromatic N) is 3. The molecule has 0 saturated heterocycles. The molecule has 0 amide bonds. The van der Waals surface area contributed by atoms with Gasteiger partial charge in [-0.1, -0.05) is 23.7 Å². The van der Waals surface area contributed by atoms with Gasteiger partial charge in [-0.05, 0) is 24.3 Å². The van der Waals surface area contributed by atoms with E-state index in [1.54, 1.807) is 30.5 Å². The van der Waals surface area contributed by atoms with Crippen molar-refractivity contribution in [3.63, 3.8) is 0 Å². The van der Waals surface area contributed by atoms with Crippen LogP contribution in [0.25, 0.3) is 11.5 Å². The van der Waals surface area contributed by atoms with Crippen LogP contribution in [0.1, 0.15) is 5.89 Å². The molecule has 0 spiro atoms. The lowest BCUT2D eigenvalue weighted by Crippen LogP contribution is -2.18. The Labute approximate surface area is 119 Å². The van der Waals surface area contributed by atoms with E-state index in [1.165, 1.54) is 10.6 Å². The van der Waals surface area contributed by atoms with Gasteiger partial charge in [0, 0.05) is 22.8 Å². The summed E-state index contributed by atoms with van der Waals surface area (Å²) in [6.07, 6.45) is 1.67. The molecule has 0 atom stereocenters. The minimum atomic E-state index is -0.116. The van der Waals surface area contributed by atoms with Crippen LogP contribution in [0.3, 0.4) is 0 Å². The highest BCUT2D eigenvalue weighted by Crippen LogP contribution is 2.21. The number of rotatable bonds is 3. The van der Waals surface area contributed by atoms with E-state index in [4.69, 9.17) is 16.0 Å². The third kappa shape index (κ3) is 2.62. The first-order valence-corrected chi connectivity index (χ1v) is 6.34. The molecule has 0 unspecified atom stereocenters. The summed E-state index contributed by atoms with van der Waals surface area (Å²) in [5.41, 5.74) is 0.631. The summed E-state index contributed by atoms with van der Waals surface area (Å²) in [6.45, 7) is 0.243. The Hall–Kier alpha value is -2.40. The van der Waals surface area contributed by atoms with Crippen LogP contribution >= 0.6 is 11.6 Å². The molecule has 0 aliphatic carbocycles. The van der Waals surface area contributed by atoms with Gasteiger partial charge in [0.2, 0.25) is 11.8 Å². The quantitative estimate of drug-likeness (QED) is 0.743. The van der Waals surface area contributed by atoms with Gasteiger partial charge in [-0.25, -0.2) is 0 Å². The SMILES string of the molecule is O=c1ccccn1Cc1nnc(-c2cccc(Cl)c2)o1. The number of halogens is 1. The molecule has 2 heterocycles. The van der Waals surface area contributed by atoms with E-state index in [1.807, 2.05) is 12.1 Å². The summed E-state index contributed by atoms with van der Waals surface area (Å²) in [4.78, 5) is 11.6. The fourth-order valence-electron chi connectivity index (χ4n) is 1.79.